The van der Waals surface area contributed by atoms with E-state index >= 15 is 0 Å². The molecule has 2 N–H and O–H groups in total. The van der Waals surface area contributed by atoms with Gasteiger partial charge in [0.15, 0.2) is 0 Å². The third-order valence-electron chi connectivity index (χ3n) is 2.13. The zero-order chi connectivity index (χ0) is 11.3. The minimum atomic E-state index is -1.03. The molecule has 15 heavy (non-hydrogen) atoms. The number of hydrogen-bond acceptors (Lipinski definition) is 2. The fourth-order valence-electron chi connectivity index (χ4n) is 1.26. The number of nitrogens with one attached hydrogen (secondary N) is 1. The van der Waals surface area contributed by atoms with Gasteiger partial charge in [-0.1, -0.05) is 29.8 Å². The molecule has 1 aromatic carbocycles. The lowest BCUT2D eigenvalue weighted by molar-refractivity contribution is -0.140. The van der Waals surface area contributed by atoms with E-state index in [1.54, 1.807) is 0 Å². The molecular weight excluding hydrogens is 194 g/mol. The van der Waals surface area contributed by atoms with Gasteiger partial charge in [-0.25, -0.2) is 4.79 Å². The molecule has 1 amide bonds. The molecular formula is C11H13NO3. The molecule has 0 saturated carbocycles. The molecule has 0 bridgehead atoms. The Labute approximate surface area is 87.9 Å². The molecule has 80 valence electrons. The van der Waals surface area contributed by atoms with Gasteiger partial charge < -0.3 is 10.4 Å². The number of hydrogen-bond donors (Lipinski definition) is 2. The molecule has 0 aliphatic carbocycles. The number of rotatable bonds is 5. The average Bonchev–Trinajstić information content (AvgIpc) is 2.20. The quantitative estimate of drug-likeness (QED) is 0.700. The van der Waals surface area contributed by atoms with Crippen molar-refractivity contribution in [3.05, 3.63) is 35.4 Å². The first-order chi connectivity index (χ1) is 7.13. The number of benzene rings is 1. The molecule has 0 aromatic heterocycles. The van der Waals surface area contributed by atoms with Crippen molar-refractivity contribution in [3.8, 4) is 0 Å². The molecule has 1 rings (SSSR count). The van der Waals surface area contributed by atoms with Crippen molar-refractivity contribution in [2.75, 3.05) is 0 Å². The first kappa shape index (κ1) is 11.2. The van der Waals surface area contributed by atoms with Gasteiger partial charge in [0.2, 0.25) is 6.41 Å². The smallest absolute Gasteiger partial charge is 0.326 e. The van der Waals surface area contributed by atoms with Gasteiger partial charge in [-0.15, -0.1) is 0 Å². The fraction of sp³-hybridized carbons (Fsp3) is 0.273. The first-order valence-corrected chi connectivity index (χ1v) is 4.61. The van der Waals surface area contributed by atoms with Crippen LogP contribution in [0.2, 0.25) is 0 Å². The summed E-state index contributed by atoms with van der Waals surface area (Å²) in [4.78, 5) is 20.9. The third-order valence-corrected chi connectivity index (χ3v) is 2.13. The van der Waals surface area contributed by atoms with E-state index in [1.807, 2.05) is 31.2 Å². The highest BCUT2D eigenvalue weighted by atomic mass is 16.4. The second kappa shape index (κ2) is 5.14. The van der Waals surface area contributed by atoms with Crippen LogP contribution in [0.15, 0.2) is 24.3 Å². The Morgan fingerprint density at radius 3 is 2.53 bits per heavy atom. The molecule has 0 radical (unpaired) electrons. The van der Waals surface area contributed by atoms with Gasteiger partial charge in [0, 0.05) is 6.42 Å². The Morgan fingerprint density at radius 2 is 2.07 bits per heavy atom. The Bertz CT molecular complexity index is 345. The van der Waals surface area contributed by atoms with Gasteiger partial charge in [0.25, 0.3) is 0 Å². The van der Waals surface area contributed by atoms with Crippen LogP contribution in [0, 0.1) is 6.92 Å². The zero-order valence-electron chi connectivity index (χ0n) is 8.43. The minimum Gasteiger partial charge on any atom is -0.480 e. The summed E-state index contributed by atoms with van der Waals surface area (Å²) in [6.45, 7) is 1.96. The molecule has 4 heteroatoms. The average molecular weight is 207 g/mol. The van der Waals surface area contributed by atoms with Crippen molar-refractivity contribution in [1.29, 1.82) is 0 Å². The summed E-state index contributed by atoms with van der Waals surface area (Å²) in [6, 6.07) is 6.69. The van der Waals surface area contributed by atoms with E-state index < -0.39 is 12.0 Å². The summed E-state index contributed by atoms with van der Waals surface area (Å²) < 4.78 is 0. The molecule has 0 aliphatic heterocycles. The van der Waals surface area contributed by atoms with E-state index in [0.29, 0.717) is 12.8 Å². The number of carboxylic acid groups (broad SMARTS) is 1. The molecule has 0 unspecified atom stereocenters. The lowest BCUT2D eigenvalue weighted by atomic mass is 10.0. The summed E-state index contributed by atoms with van der Waals surface area (Å²) in [5, 5.41) is 11.1. The van der Waals surface area contributed by atoms with Gasteiger partial charge in [0.1, 0.15) is 6.04 Å². The van der Waals surface area contributed by atoms with E-state index in [4.69, 9.17) is 5.11 Å². The number of carbonyl (C=O) groups excluding carboxylic acids is 1. The van der Waals surface area contributed by atoms with Crippen molar-refractivity contribution in [2.24, 2.45) is 0 Å². The van der Waals surface area contributed by atoms with E-state index in [0.717, 1.165) is 11.1 Å². The third kappa shape index (κ3) is 3.42. The van der Waals surface area contributed by atoms with Crippen LogP contribution >= 0.6 is 0 Å². The van der Waals surface area contributed by atoms with Gasteiger partial charge in [-0.3, -0.25) is 4.79 Å². The number of aliphatic carboxylic acids is 1. The van der Waals surface area contributed by atoms with Crippen molar-refractivity contribution >= 4 is 12.4 Å². The predicted octanol–water partition coefficient (Wildman–Crippen LogP) is 0.737. The Balaban J connectivity index is 2.69. The SMILES string of the molecule is Cc1ccc(C[C@@H](NC=O)C(=O)O)cc1. The van der Waals surface area contributed by atoms with Crippen LogP contribution in [0.4, 0.5) is 0 Å². The number of carboxylic acids is 1. The Morgan fingerprint density at radius 1 is 1.47 bits per heavy atom. The van der Waals surface area contributed by atoms with E-state index in [-0.39, 0.29) is 0 Å². The minimum absolute atomic E-state index is 0.300. The standard InChI is InChI=1S/C11H13NO3/c1-8-2-4-9(5-3-8)6-10(11(14)15)12-7-13/h2-5,7,10H,6H2,1H3,(H,12,13)(H,14,15)/t10-/m1/s1. The maximum Gasteiger partial charge on any atom is 0.326 e. The van der Waals surface area contributed by atoms with Gasteiger partial charge in [-0.05, 0) is 12.5 Å². The lowest BCUT2D eigenvalue weighted by Crippen LogP contribution is -2.37. The lowest BCUT2D eigenvalue weighted by Gasteiger charge is -2.10. The second-order valence-corrected chi connectivity index (χ2v) is 3.37. The topological polar surface area (TPSA) is 66.4 Å². The molecule has 0 heterocycles. The van der Waals surface area contributed by atoms with Gasteiger partial charge in [0.05, 0.1) is 0 Å². The van der Waals surface area contributed by atoms with E-state index in [9.17, 15) is 9.59 Å². The second-order valence-electron chi connectivity index (χ2n) is 3.37. The van der Waals surface area contributed by atoms with Crippen molar-refractivity contribution < 1.29 is 14.7 Å². The van der Waals surface area contributed by atoms with Crippen LogP contribution in [-0.2, 0) is 16.0 Å². The van der Waals surface area contributed by atoms with Crippen LogP contribution in [-0.4, -0.2) is 23.5 Å². The Kier molecular flexibility index (Phi) is 3.85. The largest absolute Gasteiger partial charge is 0.480 e. The summed E-state index contributed by atoms with van der Waals surface area (Å²) in [5.41, 5.74) is 2.01. The highest BCUT2D eigenvalue weighted by molar-refractivity contribution is 5.76. The van der Waals surface area contributed by atoms with Gasteiger partial charge in [-0.2, -0.15) is 0 Å². The highest BCUT2D eigenvalue weighted by Gasteiger charge is 2.16. The molecule has 0 aliphatic rings. The highest BCUT2D eigenvalue weighted by Crippen LogP contribution is 2.06. The summed E-state index contributed by atoms with van der Waals surface area (Å²) in [6.07, 6.45) is 0.710. The maximum atomic E-state index is 10.7. The van der Waals surface area contributed by atoms with Crippen molar-refractivity contribution in [1.82, 2.24) is 5.32 Å². The summed E-state index contributed by atoms with van der Waals surface area (Å²) in [7, 11) is 0. The van der Waals surface area contributed by atoms with Crippen LogP contribution in [0.25, 0.3) is 0 Å². The van der Waals surface area contributed by atoms with Crippen LogP contribution in [0.3, 0.4) is 0 Å². The van der Waals surface area contributed by atoms with Crippen LogP contribution in [0.5, 0.6) is 0 Å². The number of aryl methyl sites for hydroxylation is 1. The Hall–Kier alpha value is -1.84. The molecule has 0 fully saturated rings. The van der Waals surface area contributed by atoms with Gasteiger partial charge >= 0.3 is 5.97 Å². The fourth-order valence-corrected chi connectivity index (χ4v) is 1.26. The van der Waals surface area contributed by atoms with E-state index in [2.05, 4.69) is 5.32 Å². The summed E-state index contributed by atoms with van der Waals surface area (Å²) in [5.74, 6) is -1.03. The van der Waals surface area contributed by atoms with Crippen molar-refractivity contribution in [2.45, 2.75) is 19.4 Å². The number of amides is 1. The monoisotopic (exact) mass is 207 g/mol. The normalized spacial score (nSPS) is 11.8. The number of carbonyl (C=O) groups is 2. The summed E-state index contributed by atoms with van der Waals surface area (Å²) >= 11 is 0. The molecule has 1 aromatic rings. The first-order valence-electron chi connectivity index (χ1n) is 4.61. The zero-order valence-corrected chi connectivity index (χ0v) is 8.43. The van der Waals surface area contributed by atoms with Crippen LogP contribution in [0.1, 0.15) is 11.1 Å². The molecule has 0 saturated heterocycles. The molecule has 4 nitrogen and oxygen atoms in total. The van der Waals surface area contributed by atoms with Crippen LogP contribution < -0.4 is 5.32 Å². The van der Waals surface area contributed by atoms with Crippen molar-refractivity contribution in [3.63, 3.8) is 0 Å². The molecule has 1 atom stereocenters. The predicted molar refractivity (Wildman–Crippen MR) is 55.5 cm³/mol. The maximum absolute atomic E-state index is 10.7. The molecule has 0 spiro atoms. The van der Waals surface area contributed by atoms with E-state index in [1.165, 1.54) is 0 Å².